The number of anilines is 1. The first kappa shape index (κ1) is 13.7. The van der Waals surface area contributed by atoms with E-state index in [2.05, 4.69) is 37.7 Å². The molecule has 1 N–H and O–H groups in total. The van der Waals surface area contributed by atoms with Gasteiger partial charge in [0.2, 0.25) is 0 Å². The van der Waals surface area contributed by atoms with Crippen molar-refractivity contribution < 1.29 is 5.11 Å². The summed E-state index contributed by atoms with van der Waals surface area (Å²) >= 11 is 3.44. The largest absolute Gasteiger partial charge is 0.394 e. The van der Waals surface area contributed by atoms with Crippen LogP contribution in [0.15, 0.2) is 10.7 Å². The van der Waals surface area contributed by atoms with Gasteiger partial charge in [-0.2, -0.15) is 0 Å². The van der Waals surface area contributed by atoms with Crippen molar-refractivity contribution in [1.29, 1.82) is 0 Å². The third-order valence-corrected chi connectivity index (χ3v) is 3.83. The lowest BCUT2D eigenvalue weighted by atomic mass is 10.1. The lowest BCUT2D eigenvalue weighted by Gasteiger charge is -2.30. The fraction of sp³-hybridized carbons (Fsp3) is 0.692. The number of halogens is 1. The van der Waals surface area contributed by atoms with Crippen molar-refractivity contribution in [3.63, 3.8) is 0 Å². The highest BCUT2D eigenvalue weighted by atomic mass is 79.9. The third-order valence-electron chi connectivity index (χ3n) is 3.43. The summed E-state index contributed by atoms with van der Waals surface area (Å²) in [7, 11) is 0. The van der Waals surface area contributed by atoms with Gasteiger partial charge in [-0.25, -0.2) is 9.97 Å². The van der Waals surface area contributed by atoms with E-state index in [4.69, 9.17) is 0 Å². The molecule has 2 rings (SSSR count). The molecule has 1 aliphatic heterocycles. The summed E-state index contributed by atoms with van der Waals surface area (Å²) in [6.07, 6.45) is 5.46. The number of aromatic nitrogens is 2. The summed E-state index contributed by atoms with van der Waals surface area (Å²) in [5, 5.41) is 9.55. The number of hydrogen-bond donors (Lipinski definition) is 1. The Labute approximate surface area is 117 Å². The summed E-state index contributed by atoms with van der Waals surface area (Å²) in [6, 6.07) is 2.15. The van der Waals surface area contributed by atoms with Crippen LogP contribution in [0.4, 0.5) is 5.82 Å². The van der Waals surface area contributed by atoms with E-state index in [0.717, 1.165) is 35.6 Å². The number of aryl methyl sites for hydroxylation is 1. The maximum atomic E-state index is 9.55. The average Bonchev–Trinajstić information content (AvgIpc) is 2.62. The fourth-order valence-electron chi connectivity index (χ4n) is 2.43. The minimum atomic E-state index is 0.194. The molecule has 2 heterocycles. The van der Waals surface area contributed by atoms with Crippen LogP contribution in [0.3, 0.4) is 0 Å². The van der Waals surface area contributed by atoms with Crippen LogP contribution in [0, 0.1) is 0 Å². The summed E-state index contributed by atoms with van der Waals surface area (Å²) < 4.78 is 0.824. The Morgan fingerprint density at radius 2 is 2.22 bits per heavy atom. The van der Waals surface area contributed by atoms with Gasteiger partial charge in [-0.3, -0.25) is 0 Å². The van der Waals surface area contributed by atoms with E-state index in [1.165, 1.54) is 19.3 Å². The van der Waals surface area contributed by atoms with Crippen LogP contribution < -0.4 is 4.90 Å². The normalized spacial score (nSPS) is 20.8. The molecule has 1 aromatic rings. The van der Waals surface area contributed by atoms with Crippen molar-refractivity contribution in [2.24, 2.45) is 0 Å². The molecule has 1 fully saturated rings. The van der Waals surface area contributed by atoms with Crippen LogP contribution >= 0.6 is 15.9 Å². The van der Waals surface area contributed by atoms with Gasteiger partial charge in [-0.05, 0) is 28.8 Å². The summed E-state index contributed by atoms with van der Waals surface area (Å²) in [5.41, 5.74) is 0. The standard InChI is InChI=1S/C13H20BrN3O/c1-2-12-15-11(14)8-13(16-12)17-7-5-3-4-6-10(17)9-18/h8,10,18H,2-7,9H2,1H3. The van der Waals surface area contributed by atoms with E-state index in [1.807, 2.05) is 6.07 Å². The second-order valence-corrected chi connectivity index (χ2v) is 5.51. The predicted molar refractivity (Wildman–Crippen MR) is 75.8 cm³/mol. The van der Waals surface area contributed by atoms with Crippen LogP contribution in [0.25, 0.3) is 0 Å². The highest BCUT2D eigenvalue weighted by Gasteiger charge is 2.22. The highest BCUT2D eigenvalue weighted by molar-refractivity contribution is 9.10. The van der Waals surface area contributed by atoms with Gasteiger partial charge in [-0.1, -0.05) is 19.8 Å². The van der Waals surface area contributed by atoms with Gasteiger partial charge in [0.1, 0.15) is 16.2 Å². The molecule has 5 heteroatoms. The maximum absolute atomic E-state index is 9.55. The van der Waals surface area contributed by atoms with E-state index in [0.29, 0.717) is 0 Å². The van der Waals surface area contributed by atoms with Crippen molar-refractivity contribution in [3.8, 4) is 0 Å². The number of aliphatic hydroxyl groups excluding tert-OH is 1. The number of hydrogen-bond acceptors (Lipinski definition) is 4. The molecule has 0 aliphatic carbocycles. The second kappa shape index (κ2) is 6.48. The average molecular weight is 314 g/mol. The molecule has 0 aromatic carbocycles. The molecular formula is C13H20BrN3O. The van der Waals surface area contributed by atoms with Gasteiger partial charge in [0.15, 0.2) is 0 Å². The van der Waals surface area contributed by atoms with Crippen molar-refractivity contribution in [2.45, 2.75) is 45.1 Å². The maximum Gasteiger partial charge on any atom is 0.133 e. The van der Waals surface area contributed by atoms with E-state index >= 15 is 0 Å². The first-order chi connectivity index (χ1) is 8.74. The Morgan fingerprint density at radius 1 is 1.39 bits per heavy atom. The van der Waals surface area contributed by atoms with Crippen molar-refractivity contribution in [2.75, 3.05) is 18.1 Å². The zero-order valence-corrected chi connectivity index (χ0v) is 12.4. The Morgan fingerprint density at radius 3 is 2.94 bits per heavy atom. The monoisotopic (exact) mass is 313 g/mol. The Kier molecular flexibility index (Phi) is 4.95. The number of rotatable bonds is 3. The smallest absolute Gasteiger partial charge is 0.133 e. The van der Waals surface area contributed by atoms with Gasteiger partial charge in [0.05, 0.1) is 12.6 Å². The van der Waals surface area contributed by atoms with E-state index in [-0.39, 0.29) is 12.6 Å². The van der Waals surface area contributed by atoms with Gasteiger partial charge < -0.3 is 10.0 Å². The van der Waals surface area contributed by atoms with E-state index < -0.39 is 0 Å². The number of nitrogens with zero attached hydrogens (tertiary/aromatic N) is 3. The summed E-state index contributed by atoms with van der Waals surface area (Å²) in [6.45, 7) is 3.22. The highest BCUT2D eigenvalue weighted by Crippen LogP contribution is 2.24. The molecule has 0 bridgehead atoms. The molecule has 1 aromatic heterocycles. The van der Waals surface area contributed by atoms with Gasteiger partial charge in [0.25, 0.3) is 0 Å². The zero-order valence-electron chi connectivity index (χ0n) is 10.8. The molecule has 100 valence electrons. The van der Waals surface area contributed by atoms with Crippen molar-refractivity contribution >= 4 is 21.7 Å². The molecule has 0 saturated carbocycles. The van der Waals surface area contributed by atoms with Gasteiger partial charge in [-0.15, -0.1) is 0 Å². The first-order valence-corrected chi connectivity index (χ1v) is 7.45. The molecular weight excluding hydrogens is 294 g/mol. The minimum Gasteiger partial charge on any atom is -0.394 e. The quantitative estimate of drug-likeness (QED) is 0.871. The molecule has 1 atom stereocenters. The van der Waals surface area contributed by atoms with Crippen LogP contribution in [-0.2, 0) is 6.42 Å². The Balaban J connectivity index is 2.29. The van der Waals surface area contributed by atoms with E-state index in [9.17, 15) is 5.11 Å². The van der Waals surface area contributed by atoms with E-state index in [1.54, 1.807) is 0 Å². The van der Waals surface area contributed by atoms with Crippen molar-refractivity contribution in [3.05, 3.63) is 16.5 Å². The molecule has 18 heavy (non-hydrogen) atoms. The molecule has 0 spiro atoms. The summed E-state index contributed by atoms with van der Waals surface area (Å²) in [4.78, 5) is 11.2. The lowest BCUT2D eigenvalue weighted by molar-refractivity contribution is 0.254. The SMILES string of the molecule is CCc1nc(Br)cc(N2CCCCCC2CO)n1. The molecule has 1 aliphatic rings. The second-order valence-electron chi connectivity index (χ2n) is 4.70. The molecule has 1 unspecified atom stereocenters. The topological polar surface area (TPSA) is 49.2 Å². The Hall–Kier alpha value is -0.680. The first-order valence-electron chi connectivity index (χ1n) is 6.65. The van der Waals surface area contributed by atoms with Crippen LogP contribution in [0.2, 0.25) is 0 Å². The fourth-order valence-corrected chi connectivity index (χ4v) is 2.84. The van der Waals surface area contributed by atoms with Gasteiger partial charge >= 0.3 is 0 Å². The molecule has 0 radical (unpaired) electrons. The van der Waals surface area contributed by atoms with Crippen molar-refractivity contribution in [1.82, 2.24) is 9.97 Å². The molecule has 0 amide bonds. The van der Waals surface area contributed by atoms with Crippen LogP contribution in [-0.4, -0.2) is 34.3 Å². The van der Waals surface area contributed by atoms with Gasteiger partial charge in [0, 0.05) is 19.0 Å². The number of aliphatic hydroxyl groups is 1. The Bertz CT molecular complexity index is 400. The predicted octanol–water partition coefficient (Wildman–Crippen LogP) is 2.54. The molecule has 4 nitrogen and oxygen atoms in total. The summed E-state index contributed by atoms with van der Waals surface area (Å²) in [5.74, 6) is 1.79. The lowest BCUT2D eigenvalue weighted by Crippen LogP contribution is -2.38. The minimum absolute atomic E-state index is 0.194. The molecule has 1 saturated heterocycles. The third kappa shape index (κ3) is 3.20. The van der Waals surface area contributed by atoms with Crippen LogP contribution in [0.5, 0.6) is 0 Å². The zero-order chi connectivity index (χ0) is 13.0. The van der Waals surface area contributed by atoms with Crippen LogP contribution in [0.1, 0.15) is 38.4 Å².